The lowest BCUT2D eigenvalue weighted by molar-refractivity contribution is -0.117. The topological polar surface area (TPSA) is 87.9 Å². The second-order valence-electron chi connectivity index (χ2n) is 8.56. The molecule has 2 amide bonds. The smallest absolute Gasteiger partial charge is 0.414 e. The summed E-state index contributed by atoms with van der Waals surface area (Å²) in [5, 5.41) is 3.52. The van der Waals surface area contributed by atoms with E-state index in [1.807, 2.05) is 39.0 Å². The van der Waals surface area contributed by atoms with Gasteiger partial charge in [-0.15, -0.1) is 0 Å². The molecule has 3 rings (SSSR count). The summed E-state index contributed by atoms with van der Waals surface area (Å²) in [6.45, 7) is 9.91. The molecule has 0 bridgehead atoms. The highest BCUT2D eigenvalue weighted by Gasteiger charge is 2.35. The fraction of sp³-hybridized carbons (Fsp3) is 0.636. The quantitative estimate of drug-likeness (QED) is 0.732. The Hall–Kier alpha value is -2.12. The largest absolute Gasteiger partial charge is 0.446 e. The summed E-state index contributed by atoms with van der Waals surface area (Å²) >= 11 is 0. The number of carbonyl (C=O) groups is 2. The average molecular weight is 403 g/mol. The molecule has 1 aliphatic heterocycles. The first kappa shape index (κ1) is 21.6. The van der Waals surface area contributed by atoms with Crippen molar-refractivity contribution in [3.05, 3.63) is 23.8 Å². The van der Waals surface area contributed by atoms with Gasteiger partial charge in [-0.2, -0.15) is 0 Å². The van der Waals surface area contributed by atoms with E-state index in [2.05, 4.69) is 5.32 Å². The molecule has 1 aliphatic carbocycles. The highest BCUT2D eigenvalue weighted by Crippen LogP contribution is 2.38. The van der Waals surface area contributed by atoms with Crippen LogP contribution in [0.5, 0.6) is 0 Å². The van der Waals surface area contributed by atoms with E-state index in [4.69, 9.17) is 10.5 Å². The maximum absolute atomic E-state index is 12.8. The summed E-state index contributed by atoms with van der Waals surface area (Å²) in [4.78, 5) is 28.4. The van der Waals surface area contributed by atoms with Crippen LogP contribution in [-0.2, 0) is 9.53 Å². The fourth-order valence-corrected chi connectivity index (χ4v) is 3.94. The van der Waals surface area contributed by atoms with E-state index in [9.17, 15) is 9.59 Å². The maximum Gasteiger partial charge on any atom is 0.414 e. The van der Waals surface area contributed by atoms with E-state index in [1.54, 1.807) is 16.7 Å². The standard InChI is InChI=1S/C22H34N4O3/c1-14(2)29-22(28)25-13-15(3)26(16(4)27)20-8-7-18(9-21(20)25)19(10-23)12-24-11-17-5-6-17/h7-9,14-15,17,19,24H,5-6,10-13,23H2,1-4H3/t15-,19?/m0/s1. The van der Waals surface area contributed by atoms with Crippen molar-refractivity contribution in [2.24, 2.45) is 11.7 Å². The number of carbonyl (C=O) groups excluding carboxylic acids is 2. The van der Waals surface area contributed by atoms with Crippen molar-refractivity contribution in [1.82, 2.24) is 5.32 Å². The zero-order valence-corrected chi connectivity index (χ0v) is 18.0. The molecule has 7 nitrogen and oxygen atoms in total. The van der Waals surface area contributed by atoms with Gasteiger partial charge in [0, 0.05) is 32.5 Å². The minimum atomic E-state index is -0.385. The van der Waals surface area contributed by atoms with Crippen molar-refractivity contribution in [1.29, 1.82) is 0 Å². The number of fused-ring (bicyclic) bond motifs is 1. The van der Waals surface area contributed by atoms with Gasteiger partial charge >= 0.3 is 6.09 Å². The zero-order chi connectivity index (χ0) is 21.1. The molecule has 0 aromatic heterocycles. The lowest BCUT2D eigenvalue weighted by Crippen LogP contribution is -2.51. The van der Waals surface area contributed by atoms with Gasteiger partial charge in [-0.1, -0.05) is 6.07 Å². The summed E-state index contributed by atoms with van der Waals surface area (Å²) < 4.78 is 5.46. The molecule has 2 atom stereocenters. The number of amides is 2. The monoisotopic (exact) mass is 402 g/mol. The van der Waals surface area contributed by atoms with Gasteiger partial charge < -0.3 is 20.7 Å². The van der Waals surface area contributed by atoms with Gasteiger partial charge in [-0.3, -0.25) is 9.69 Å². The molecule has 1 heterocycles. The Morgan fingerprint density at radius 2 is 2.00 bits per heavy atom. The van der Waals surface area contributed by atoms with E-state index in [-0.39, 0.29) is 30.1 Å². The number of rotatable bonds is 7. The molecule has 0 saturated heterocycles. The van der Waals surface area contributed by atoms with Crippen LogP contribution >= 0.6 is 0 Å². The van der Waals surface area contributed by atoms with E-state index >= 15 is 0 Å². The van der Waals surface area contributed by atoms with Crippen molar-refractivity contribution >= 4 is 23.4 Å². The average Bonchev–Trinajstić information content (AvgIpc) is 3.47. The SMILES string of the molecule is CC(=O)N1c2ccc(C(CN)CNCC3CC3)cc2N(C(=O)OC(C)C)C[C@@H]1C. The van der Waals surface area contributed by atoms with Gasteiger partial charge in [-0.05, 0) is 63.8 Å². The molecule has 1 unspecified atom stereocenters. The molecule has 2 aliphatic rings. The van der Waals surface area contributed by atoms with Crippen LogP contribution in [0.3, 0.4) is 0 Å². The molecule has 3 N–H and O–H groups in total. The van der Waals surface area contributed by atoms with Crippen LogP contribution in [0.1, 0.15) is 52.0 Å². The Kier molecular flexibility index (Phi) is 6.80. The first-order valence-corrected chi connectivity index (χ1v) is 10.6. The van der Waals surface area contributed by atoms with Crippen molar-refractivity contribution < 1.29 is 14.3 Å². The van der Waals surface area contributed by atoms with Crippen LogP contribution in [0.4, 0.5) is 16.2 Å². The molecule has 1 fully saturated rings. The van der Waals surface area contributed by atoms with Gasteiger partial charge in [0.2, 0.25) is 5.91 Å². The number of benzene rings is 1. The molecular weight excluding hydrogens is 368 g/mol. The summed E-state index contributed by atoms with van der Waals surface area (Å²) in [5.41, 5.74) is 8.57. The van der Waals surface area contributed by atoms with Crippen LogP contribution < -0.4 is 20.9 Å². The fourth-order valence-electron chi connectivity index (χ4n) is 3.94. The van der Waals surface area contributed by atoms with Crippen molar-refractivity contribution in [3.63, 3.8) is 0 Å². The first-order valence-electron chi connectivity index (χ1n) is 10.6. The second kappa shape index (κ2) is 9.13. The molecular formula is C22H34N4O3. The molecule has 160 valence electrons. The third kappa shape index (κ3) is 5.08. The number of hydrogen-bond donors (Lipinski definition) is 2. The lowest BCUT2D eigenvalue weighted by atomic mass is 9.96. The van der Waals surface area contributed by atoms with Crippen LogP contribution in [0.2, 0.25) is 0 Å². The molecule has 0 spiro atoms. The third-order valence-electron chi connectivity index (χ3n) is 5.61. The minimum Gasteiger partial charge on any atom is -0.446 e. The Morgan fingerprint density at radius 3 is 2.59 bits per heavy atom. The molecule has 1 saturated carbocycles. The predicted octanol–water partition coefficient (Wildman–Crippen LogP) is 2.83. The normalized spacial score (nSPS) is 19.9. The summed E-state index contributed by atoms with van der Waals surface area (Å²) in [6.07, 6.45) is 2.03. The Morgan fingerprint density at radius 1 is 1.28 bits per heavy atom. The Labute approximate surface area is 173 Å². The Bertz CT molecular complexity index is 748. The zero-order valence-electron chi connectivity index (χ0n) is 18.0. The number of nitrogens with two attached hydrogens (primary N) is 1. The Balaban J connectivity index is 1.90. The molecule has 1 aromatic carbocycles. The number of nitrogens with one attached hydrogen (secondary N) is 1. The number of nitrogens with zero attached hydrogens (tertiary/aromatic N) is 2. The van der Waals surface area contributed by atoms with Gasteiger partial charge in [-0.25, -0.2) is 4.79 Å². The number of ether oxygens (including phenoxy) is 1. The number of hydrogen-bond acceptors (Lipinski definition) is 5. The van der Waals surface area contributed by atoms with E-state index in [0.717, 1.165) is 30.3 Å². The minimum absolute atomic E-state index is 0.0372. The molecule has 7 heteroatoms. The van der Waals surface area contributed by atoms with Crippen LogP contribution in [0.25, 0.3) is 0 Å². The van der Waals surface area contributed by atoms with Crippen LogP contribution in [0, 0.1) is 5.92 Å². The van der Waals surface area contributed by atoms with Crippen molar-refractivity contribution in [3.8, 4) is 0 Å². The van der Waals surface area contributed by atoms with E-state index in [0.29, 0.717) is 18.8 Å². The highest BCUT2D eigenvalue weighted by atomic mass is 16.6. The highest BCUT2D eigenvalue weighted by molar-refractivity contribution is 6.02. The molecule has 0 radical (unpaired) electrons. The van der Waals surface area contributed by atoms with E-state index in [1.165, 1.54) is 12.8 Å². The second-order valence-corrected chi connectivity index (χ2v) is 8.56. The van der Waals surface area contributed by atoms with E-state index < -0.39 is 0 Å². The maximum atomic E-state index is 12.8. The van der Waals surface area contributed by atoms with Crippen LogP contribution in [-0.4, -0.2) is 50.3 Å². The van der Waals surface area contributed by atoms with Crippen molar-refractivity contribution in [2.45, 2.75) is 58.6 Å². The van der Waals surface area contributed by atoms with Crippen LogP contribution in [0.15, 0.2) is 18.2 Å². The summed E-state index contributed by atoms with van der Waals surface area (Å²) in [6, 6.07) is 5.82. The molecule has 1 aromatic rings. The predicted molar refractivity (Wildman–Crippen MR) is 115 cm³/mol. The molecule has 29 heavy (non-hydrogen) atoms. The van der Waals surface area contributed by atoms with Gasteiger partial charge in [0.25, 0.3) is 0 Å². The number of anilines is 2. The third-order valence-corrected chi connectivity index (χ3v) is 5.61. The van der Waals surface area contributed by atoms with Gasteiger partial charge in [0.15, 0.2) is 0 Å². The first-order chi connectivity index (χ1) is 13.8. The van der Waals surface area contributed by atoms with Crippen molar-refractivity contribution in [2.75, 3.05) is 36.0 Å². The van der Waals surface area contributed by atoms with Gasteiger partial charge in [0.05, 0.1) is 23.5 Å². The van der Waals surface area contributed by atoms with Gasteiger partial charge in [0.1, 0.15) is 0 Å². The summed E-state index contributed by atoms with van der Waals surface area (Å²) in [7, 11) is 0. The summed E-state index contributed by atoms with van der Waals surface area (Å²) in [5.74, 6) is 0.917. The lowest BCUT2D eigenvalue weighted by Gasteiger charge is -2.40.